The average Bonchev–Trinajstić information content (AvgIpc) is 3.66. The van der Waals surface area contributed by atoms with Gasteiger partial charge in [0.1, 0.15) is 11.2 Å². The Bertz CT molecular complexity index is 3180. The fourth-order valence-electron chi connectivity index (χ4n) is 8.00. The highest BCUT2D eigenvalue weighted by molar-refractivity contribution is 6.20. The number of rotatable bonds is 5. The minimum absolute atomic E-state index is 0.671. The number of hydrogen-bond acceptors (Lipinski definition) is 4. The van der Waals surface area contributed by atoms with E-state index in [1.165, 1.54) is 27.1 Å². The minimum atomic E-state index is 0.671. The van der Waals surface area contributed by atoms with Crippen molar-refractivity contribution in [3.05, 3.63) is 188 Å². The van der Waals surface area contributed by atoms with Gasteiger partial charge in [-0.15, -0.1) is 0 Å². The largest absolute Gasteiger partial charge is 0.455 e. The second kappa shape index (κ2) is 12.6. The molecule has 0 unspecified atom stereocenters. The van der Waals surface area contributed by atoms with Crippen molar-refractivity contribution in [2.24, 2.45) is 0 Å². The predicted molar refractivity (Wildman–Crippen MR) is 227 cm³/mol. The molecular weight excluding hydrogens is 671 g/mol. The summed E-state index contributed by atoms with van der Waals surface area (Å²) >= 11 is 0. The van der Waals surface area contributed by atoms with Crippen LogP contribution in [0.5, 0.6) is 0 Å². The van der Waals surface area contributed by atoms with Gasteiger partial charge in [0.2, 0.25) is 0 Å². The Balaban J connectivity index is 1.08. The second-order valence-corrected chi connectivity index (χ2v) is 14.0. The third kappa shape index (κ3) is 5.26. The van der Waals surface area contributed by atoms with Crippen LogP contribution < -0.4 is 0 Å². The highest BCUT2D eigenvalue weighted by atomic mass is 16.3. The molecule has 0 bridgehead atoms. The van der Waals surface area contributed by atoms with Crippen LogP contribution in [0.25, 0.3) is 111 Å². The van der Waals surface area contributed by atoms with Crippen LogP contribution in [0.4, 0.5) is 0 Å². The molecule has 0 aliphatic rings. The lowest BCUT2D eigenvalue weighted by Crippen LogP contribution is -1.96. The number of pyridine rings is 1. The highest BCUT2D eigenvalue weighted by Gasteiger charge is 2.19. The van der Waals surface area contributed by atoms with Gasteiger partial charge in [-0.25, -0.2) is 15.0 Å². The van der Waals surface area contributed by atoms with Crippen molar-refractivity contribution < 1.29 is 4.42 Å². The van der Waals surface area contributed by atoms with Gasteiger partial charge in [-0.3, -0.25) is 0 Å². The summed E-state index contributed by atoms with van der Waals surface area (Å²) in [5, 5.41) is 7.97. The van der Waals surface area contributed by atoms with Gasteiger partial charge in [-0.1, -0.05) is 158 Å². The molecular formula is C51H31N3O. The van der Waals surface area contributed by atoms with Gasteiger partial charge < -0.3 is 4.42 Å². The molecule has 256 valence electrons. The van der Waals surface area contributed by atoms with Crippen molar-refractivity contribution in [3.8, 4) is 56.3 Å². The first-order valence-electron chi connectivity index (χ1n) is 18.5. The molecule has 0 spiro atoms. The molecule has 4 heteroatoms. The van der Waals surface area contributed by atoms with Crippen molar-refractivity contribution in [1.29, 1.82) is 0 Å². The lowest BCUT2D eigenvalue weighted by Gasteiger charge is -2.13. The monoisotopic (exact) mass is 701 g/mol. The van der Waals surface area contributed by atoms with Crippen molar-refractivity contribution in [2.75, 3.05) is 0 Å². The first kappa shape index (κ1) is 31.1. The fraction of sp³-hybridized carbons (Fsp3) is 0. The Kier molecular flexibility index (Phi) is 7.14. The van der Waals surface area contributed by atoms with Gasteiger partial charge in [-0.05, 0) is 63.0 Å². The third-order valence-corrected chi connectivity index (χ3v) is 10.7. The van der Waals surface area contributed by atoms with Crippen LogP contribution in [0.1, 0.15) is 0 Å². The van der Waals surface area contributed by atoms with Crippen LogP contribution in [0.15, 0.2) is 192 Å². The summed E-state index contributed by atoms with van der Waals surface area (Å²) in [5.74, 6) is 0.671. The Morgan fingerprint density at radius 3 is 1.67 bits per heavy atom. The first-order valence-corrected chi connectivity index (χ1v) is 18.5. The summed E-state index contributed by atoms with van der Waals surface area (Å²) in [6.45, 7) is 0. The Morgan fingerprint density at radius 1 is 0.364 bits per heavy atom. The SMILES string of the molecule is c1ccc(-c2cc(-c3ccccc3)nc(-c3ccc(-c4nc5cc(-c6cc7ccccc7c7ccccc67)ccc5c5oc6ccccc6c45)cc3)n2)cc1. The molecule has 11 aromatic rings. The van der Waals surface area contributed by atoms with Gasteiger partial charge >= 0.3 is 0 Å². The average molecular weight is 702 g/mol. The lowest BCUT2D eigenvalue weighted by molar-refractivity contribution is 0.672. The predicted octanol–water partition coefficient (Wildman–Crippen LogP) is 13.6. The molecule has 0 atom stereocenters. The van der Waals surface area contributed by atoms with Crippen molar-refractivity contribution in [1.82, 2.24) is 15.0 Å². The Morgan fingerprint density at radius 2 is 0.945 bits per heavy atom. The van der Waals surface area contributed by atoms with E-state index in [4.69, 9.17) is 19.4 Å². The molecule has 0 fully saturated rings. The molecule has 0 radical (unpaired) electrons. The lowest BCUT2D eigenvalue weighted by atomic mass is 9.92. The summed E-state index contributed by atoms with van der Waals surface area (Å²) < 4.78 is 6.64. The minimum Gasteiger partial charge on any atom is -0.455 e. The number of fused-ring (bicyclic) bond motifs is 8. The Labute approximate surface area is 317 Å². The molecule has 55 heavy (non-hydrogen) atoms. The molecule has 3 aromatic heterocycles. The zero-order chi connectivity index (χ0) is 36.3. The van der Waals surface area contributed by atoms with E-state index in [1.807, 2.05) is 48.5 Å². The summed E-state index contributed by atoms with van der Waals surface area (Å²) in [4.78, 5) is 15.6. The zero-order valence-electron chi connectivity index (χ0n) is 29.6. The van der Waals surface area contributed by atoms with Gasteiger partial charge in [-0.2, -0.15) is 0 Å². The van der Waals surface area contributed by atoms with Crippen molar-refractivity contribution >= 4 is 54.4 Å². The molecule has 11 rings (SSSR count). The van der Waals surface area contributed by atoms with E-state index in [9.17, 15) is 0 Å². The summed E-state index contributed by atoms with van der Waals surface area (Å²) in [5.41, 5.74) is 11.5. The second-order valence-electron chi connectivity index (χ2n) is 14.0. The molecule has 0 saturated carbocycles. The topological polar surface area (TPSA) is 51.8 Å². The van der Waals surface area contributed by atoms with Crippen LogP contribution in [-0.4, -0.2) is 15.0 Å². The van der Waals surface area contributed by atoms with Crippen LogP contribution >= 0.6 is 0 Å². The summed E-state index contributed by atoms with van der Waals surface area (Å²) in [6.07, 6.45) is 0. The molecule has 8 aromatic carbocycles. The molecule has 3 heterocycles. The summed E-state index contributed by atoms with van der Waals surface area (Å²) in [7, 11) is 0. The maximum atomic E-state index is 6.64. The van der Waals surface area contributed by atoms with E-state index in [1.54, 1.807) is 0 Å². The van der Waals surface area contributed by atoms with Crippen LogP contribution in [0, 0.1) is 0 Å². The number of benzene rings is 8. The molecule has 0 aliphatic heterocycles. The normalized spacial score (nSPS) is 11.6. The van der Waals surface area contributed by atoms with Crippen LogP contribution in [-0.2, 0) is 0 Å². The van der Waals surface area contributed by atoms with Crippen LogP contribution in [0.3, 0.4) is 0 Å². The smallest absolute Gasteiger partial charge is 0.160 e. The molecule has 0 aliphatic carbocycles. The fourth-order valence-corrected chi connectivity index (χ4v) is 8.00. The number of furan rings is 1. The van der Waals surface area contributed by atoms with E-state index >= 15 is 0 Å². The van der Waals surface area contributed by atoms with E-state index < -0.39 is 0 Å². The van der Waals surface area contributed by atoms with E-state index in [2.05, 4.69) is 140 Å². The molecule has 0 amide bonds. The number of aromatic nitrogens is 3. The highest BCUT2D eigenvalue weighted by Crippen LogP contribution is 2.42. The first-order chi connectivity index (χ1) is 27.2. The number of para-hydroxylation sites is 1. The van der Waals surface area contributed by atoms with E-state index in [0.29, 0.717) is 5.82 Å². The van der Waals surface area contributed by atoms with Crippen LogP contribution in [0.2, 0.25) is 0 Å². The quantitative estimate of drug-likeness (QED) is 0.168. The summed E-state index contributed by atoms with van der Waals surface area (Å²) in [6, 6.07) is 65.5. The van der Waals surface area contributed by atoms with Gasteiger partial charge in [0, 0.05) is 33.0 Å². The zero-order valence-corrected chi connectivity index (χ0v) is 29.6. The Hall–Kier alpha value is -7.43. The molecule has 0 N–H and O–H groups in total. The van der Waals surface area contributed by atoms with Gasteiger partial charge in [0.15, 0.2) is 5.82 Å². The van der Waals surface area contributed by atoms with Gasteiger partial charge in [0.05, 0.1) is 28.0 Å². The van der Waals surface area contributed by atoms with E-state index in [-0.39, 0.29) is 0 Å². The maximum Gasteiger partial charge on any atom is 0.160 e. The van der Waals surface area contributed by atoms with E-state index in [0.717, 1.165) is 77.7 Å². The van der Waals surface area contributed by atoms with Crippen molar-refractivity contribution in [3.63, 3.8) is 0 Å². The third-order valence-electron chi connectivity index (χ3n) is 10.7. The molecule has 4 nitrogen and oxygen atoms in total. The standard InChI is InChI=1S/C51H31N3O/c1-3-13-32(14-4-1)44-31-45(33-15-5-2-6-16-33)54-51(53-44)35-25-23-34(24-26-35)49-48-42-21-11-12-22-47(42)55-50(48)41-28-27-37(30-46(41)52-49)43-29-36-17-7-8-18-38(36)39-19-9-10-20-40(39)43/h1-31H. The van der Waals surface area contributed by atoms with Crippen molar-refractivity contribution in [2.45, 2.75) is 0 Å². The molecule has 0 saturated heterocycles. The maximum absolute atomic E-state index is 6.64. The van der Waals surface area contributed by atoms with Gasteiger partial charge in [0.25, 0.3) is 0 Å². The number of hydrogen-bond donors (Lipinski definition) is 0. The number of nitrogens with zero attached hydrogens (tertiary/aromatic N) is 3.